The lowest BCUT2D eigenvalue weighted by molar-refractivity contribution is 0.601. The highest BCUT2D eigenvalue weighted by Gasteiger charge is 2.14. The molecule has 1 aromatic carbocycles. The summed E-state index contributed by atoms with van der Waals surface area (Å²) in [4.78, 5) is 4.28. The fraction of sp³-hybridized carbons (Fsp3) is 0.214. The van der Waals surface area contributed by atoms with Crippen molar-refractivity contribution in [3.8, 4) is 0 Å². The van der Waals surface area contributed by atoms with Crippen LogP contribution < -0.4 is 4.72 Å². The highest BCUT2D eigenvalue weighted by atomic mass is 79.9. The first-order chi connectivity index (χ1) is 9.42. The van der Waals surface area contributed by atoms with Gasteiger partial charge in [-0.25, -0.2) is 13.4 Å². The van der Waals surface area contributed by atoms with Crippen LogP contribution in [0.15, 0.2) is 45.9 Å². The molecular formula is C14H15BrN2O2S. The minimum atomic E-state index is -3.60. The molecule has 6 heteroatoms. The largest absolute Gasteiger partial charge is 0.263 e. The fourth-order valence-corrected chi connectivity index (χ4v) is 2.91. The average molecular weight is 355 g/mol. The second-order valence-corrected chi connectivity index (χ2v) is 6.96. The van der Waals surface area contributed by atoms with E-state index >= 15 is 0 Å². The predicted molar refractivity (Wildman–Crippen MR) is 83.3 cm³/mol. The summed E-state index contributed by atoms with van der Waals surface area (Å²) in [7, 11) is -3.60. The van der Waals surface area contributed by atoms with Gasteiger partial charge in [0.05, 0.1) is 4.90 Å². The third-order valence-corrected chi connectivity index (χ3v) is 5.13. The number of hydrogen-bond acceptors (Lipinski definition) is 3. The van der Waals surface area contributed by atoms with Crippen LogP contribution in [-0.4, -0.2) is 13.4 Å². The SMILES string of the molecule is CCc1ccc(S(=O)(=O)Nc2cc(C)c(Br)cn2)cc1. The second-order valence-electron chi connectivity index (χ2n) is 4.42. The second kappa shape index (κ2) is 5.93. The minimum Gasteiger partial charge on any atom is -0.263 e. The molecule has 0 amide bonds. The van der Waals surface area contributed by atoms with Gasteiger partial charge in [0.1, 0.15) is 5.82 Å². The molecule has 0 bridgehead atoms. The number of pyridine rings is 1. The fourth-order valence-electron chi connectivity index (χ4n) is 1.70. The van der Waals surface area contributed by atoms with Crippen molar-refractivity contribution in [2.45, 2.75) is 25.2 Å². The van der Waals surface area contributed by atoms with Gasteiger partial charge in [0.15, 0.2) is 0 Å². The Morgan fingerprint density at radius 1 is 1.25 bits per heavy atom. The quantitative estimate of drug-likeness (QED) is 0.913. The summed E-state index contributed by atoms with van der Waals surface area (Å²) in [5.74, 6) is 0.310. The predicted octanol–water partition coefficient (Wildman–Crippen LogP) is 3.52. The van der Waals surface area contributed by atoms with Gasteiger partial charge < -0.3 is 0 Å². The maximum Gasteiger partial charge on any atom is 0.263 e. The monoisotopic (exact) mass is 354 g/mol. The van der Waals surface area contributed by atoms with Crippen LogP contribution in [0.1, 0.15) is 18.1 Å². The first-order valence-corrected chi connectivity index (χ1v) is 8.44. The molecule has 1 N–H and O–H groups in total. The molecule has 0 fully saturated rings. The van der Waals surface area contributed by atoms with E-state index in [0.717, 1.165) is 22.0 Å². The van der Waals surface area contributed by atoms with Gasteiger partial charge in [0.2, 0.25) is 0 Å². The van der Waals surface area contributed by atoms with Crippen LogP contribution in [0.3, 0.4) is 0 Å². The number of sulfonamides is 1. The van der Waals surface area contributed by atoms with Crippen molar-refractivity contribution in [1.29, 1.82) is 0 Å². The topological polar surface area (TPSA) is 59.1 Å². The van der Waals surface area contributed by atoms with E-state index in [4.69, 9.17) is 0 Å². The van der Waals surface area contributed by atoms with E-state index < -0.39 is 10.0 Å². The van der Waals surface area contributed by atoms with Crippen LogP contribution in [0.2, 0.25) is 0 Å². The number of halogens is 1. The van der Waals surface area contributed by atoms with E-state index in [1.54, 1.807) is 24.4 Å². The minimum absolute atomic E-state index is 0.233. The lowest BCUT2D eigenvalue weighted by Crippen LogP contribution is -2.14. The van der Waals surface area contributed by atoms with Gasteiger partial charge >= 0.3 is 0 Å². The molecular weight excluding hydrogens is 340 g/mol. The van der Waals surface area contributed by atoms with Crippen LogP contribution in [0.25, 0.3) is 0 Å². The summed E-state index contributed by atoms with van der Waals surface area (Å²) >= 11 is 3.33. The number of rotatable bonds is 4. The number of aromatic nitrogens is 1. The molecule has 1 heterocycles. The smallest absolute Gasteiger partial charge is 0.263 e. The van der Waals surface area contributed by atoms with Gasteiger partial charge in [-0.2, -0.15) is 0 Å². The van der Waals surface area contributed by atoms with E-state index in [9.17, 15) is 8.42 Å². The zero-order valence-electron chi connectivity index (χ0n) is 11.2. The van der Waals surface area contributed by atoms with Gasteiger partial charge in [-0.3, -0.25) is 4.72 Å². The maximum absolute atomic E-state index is 12.2. The van der Waals surface area contributed by atoms with Crippen LogP contribution in [0.5, 0.6) is 0 Å². The molecule has 106 valence electrons. The van der Waals surface area contributed by atoms with Crippen LogP contribution in [0, 0.1) is 6.92 Å². The first kappa shape index (κ1) is 15.0. The van der Waals surface area contributed by atoms with Crippen molar-refractivity contribution < 1.29 is 8.42 Å². The Morgan fingerprint density at radius 2 is 1.90 bits per heavy atom. The molecule has 20 heavy (non-hydrogen) atoms. The third-order valence-electron chi connectivity index (χ3n) is 2.93. The molecule has 2 aromatic rings. The number of aryl methyl sites for hydroxylation is 2. The molecule has 0 aliphatic rings. The number of nitrogens with one attached hydrogen (secondary N) is 1. The molecule has 0 aliphatic carbocycles. The number of anilines is 1. The Hall–Kier alpha value is -1.40. The van der Waals surface area contributed by atoms with E-state index in [0.29, 0.717) is 5.82 Å². The summed E-state index contributed by atoms with van der Waals surface area (Å²) in [6, 6.07) is 8.52. The summed E-state index contributed by atoms with van der Waals surface area (Å²) in [5.41, 5.74) is 2.01. The molecule has 0 unspecified atom stereocenters. The van der Waals surface area contributed by atoms with Crippen molar-refractivity contribution in [2.24, 2.45) is 0 Å². The van der Waals surface area contributed by atoms with Gasteiger partial charge in [-0.05, 0) is 58.6 Å². The van der Waals surface area contributed by atoms with Gasteiger partial charge in [0, 0.05) is 10.7 Å². The summed E-state index contributed by atoms with van der Waals surface area (Å²) in [6.07, 6.45) is 2.45. The van der Waals surface area contributed by atoms with Gasteiger partial charge in [-0.15, -0.1) is 0 Å². The van der Waals surface area contributed by atoms with Crippen LogP contribution in [0.4, 0.5) is 5.82 Å². The molecule has 0 spiro atoms. The molecule has 0 saturated heterocycles. The molecule has 4 nitrogen and oxygen atoms in total. The highest BCUT2D eigenvalue weighted by Crippen LogP contribution is 2.20. The van der Waals surface area contributed by atoms with Crippen molar-refractivity contribution in [1.82, 2.24) is 4.98 Å². The molecule has 2 rings (SSSR count). The van der Waals surface area contributed by atoms with E-state index in [1.165, 1.54) is 0 Å². The van der Waals surface area contributed by atoms with E-state index in [-0.39, 0.29) is 4.90 Å². The molecule has 0 atom stereocenters. The van der Waals surface area contributed by atoms with Crippen molar-refractivity contribution in [2.75, 3.05) is 4.72 Å². The Bertz CT molecular complexity index is 712. The number of hydrogen-bond donors (Lipinski definition) is 1. The lowest BCUT2D eigenvalue weighted by atomic mass is 10.2. The Kier molecular flexibility index (Phi) is 4.45. The Balaban J connectivity index is 2.27. The van der Waals surface area contributed by atoms with Crippen molar-refractivity contribution in [3.05, 3.63) is 52.1 Å². The van der Waals surface area contributed by atoms with Crippen molar-refractivity contribution in [3.63, 3.8) is 0 Å². The Labute approximate surface area is 127 Å². The molecule has 0 saturated carbocycles. The standard InChI is InChI=1S/C14H15BrN2O2S/c1-3-11-4-6-12(7-5-11)20(18,19)17-14-8-10(2)13(15)9-16-14/h4-9H,3H2,1-2H3,(H,16,17). The van der Waals surface area contributed by atoms with Crippen LogP contribution >= 0.6 is 15.9 Å². The number of nitrogens with zero attached hydrogens (tertiary/aromatic N) is 1. The van der Waals surface area contributed by atoms with Gasteiger partial charge in [-0.1, -0.05) is 19.1 Å². The molecule has 0 radical (unpaired) electrons. The first-order valence-electron chi connectivity index (χ1n) is 6.16. The lowest BCUT2D eigenvalue weighted by Gasteiger charge is -2.09. The maximum atomic E-state index is 12.2. The normalized spacial score (nSPS) is 11.3. The van der Waals surface area contributed by atoms with Gasteiger partial charge in [0.25, 0.3) is 10.0 Å². The zero-order valence-corrected chi connectivity index (χ0v) is 13.6. The summed E-state index contributed by atoms with van der Waals surface area (Å²) in [6.45, 7) is 3.90. The van der Waals surface area contributed by atoms with Crippen molar-refractivity contribution >= 4 is 31.8 Å². The zero-order chi connectivity index (χ0) is 14.8. The molecule has 0 aliphatic heterocycles. The Morgan fingerprint density at radius 3 is 2.45 bits per heavy atom. The van der Waals surface area contributed by atoms with E-state index in [1.807, 2.05) is 26.0 Å². The number of benzene rings is 1. The third kappa shape index (κ3) is 3.37. The highest BCUT2D eigenvalue weighted by molar-refractivity contribution is 9.10. The van der Waals surface area contributed by atoms with E-state index in [2.05, 4.69) is 25.6 Å². The average Bonchev–Trinajstić information content (AvgIpc) is 2.43. The molecule has 1 aromatic heterocycles. The summed E-state index contributed by atoms with van der Waals surface area (Å²) < 4.78 is 27.8. The summed E-state index contributed by atoms with van der Waals surface area (Å²) in [5, 5.41) is 0. The van der Waals surface area contributed by atoms with Crippen LogP contribution in [-0.2, 0) is 16.4 Å².